The van der Waals surface area contributed by atoms with Crippen LogP contribution in [0.3, 0.4) is 0 Å². The molecule has 28 heavy (non-hydrogen) atoms. The lowest BCUT2D eigenvalue weighted by Crippen LogP contribution is -2.41. The van der Waals surface area contributed by atoms with E-state index in [4.69, 9.17) is 0 Å². The SMILES string of the molecule is C=CCN(C(=O)c1nn(-c2ccc(C)cc2)c2c1CCC2)[C@H]1CCS(=O)(=O)C1. The molecule has 2 heterocycles. The third-order valence-corrected chi connectivity index (χ3v) is 7.40. The van der Waals surface area contributed by atoms with Crippen LogP contribution in [0.5, 0.6) is 0 Å². The van der Waals surface area contributed by atoms with Crippen molar-refractivity contribution in [1.29, 1.82) is 0 Å². The van der Waals surface area contributed by atoms with Crippen LogP contribution in [0, 0.1) is 6.92 Å². The average Bonchev–Trinajstić information content (AvgIpc) is 3.35. The molecule has 2 aliphatic rings. The van der Waals surface area contributed by atoms with Gasteiger partial charge in [0.1, 0.15) is 0 Å². The number of carbonyl (C=O) groups is 1. The highest BCUT2D eigenvalue weighted by atomic mass is 32.2. The van der Waals surface area contributed by atoms with Crippen molar-refractivity contribution in [3.63, 3.8) is 0 Å². The summed E-state index contributed by atoms with van der Waals surface area (Å²) < 4.78 is 25.7. The Balaban J connectivity index is 1.71. The molecule has 148 valence electrons. The number of hydrogen-bond acceptors (Lipinski definition) is 4. The number of rotatable bonds is 5. The molecule has 1 aromatic carbocycles. The van der Waals surface area contributed by atoms with Crippen LogP contribution < -0.4 is 0 Å². The molecule has 1 aliphatic heterocycles. The fourth-order valence-electron chi connectivity index (χ4n) is 4.20. The van der Waals surface area contributed by atoms with Gasteiger partial charge >= 0.3 is 0 Å². The molecule has 1 saturated heterocycles. The third-order valence-electron chi connectivity index (χ3n) is 5.65. The van der Waals surface area contributed by atoms with Gasteiger partial charge < -0.3 is 4.90 Å². The predicted octanol–water partition coefficient (Wildman–Crippen LogP) is 2.48. The molecule has 0 saturated carbocycles. The zero-order valence-electron chi connectivity index (χ0n) is 16.1. The van der Waals surface area contributed by atoms with Gasteiger partial charge in [0.05, 0.1) is 17.2 Å². The molecule has 1 aromatic heterocycles. The molecule has 6 nitrogen and oxygen atoms in total. The summed E-state index contributed by atoms with van der Waals surface area (Å²) >= 11 is 0. The van der Waals surface area contributed by atoms with Gasteiger partial charge in [0.2, 0.25) is 0 Å². The smallest absolute Gasteiger partial charge is 0.275 e. The minimum absolute atomic E-state index is 0.0213. The molecule has 1 atom stereocenters. The van der Waals surface area contributed by atoms with Crippen LogP contribution in [0.25, 0.3) is 5.69 Å². The van der Waals surface area contributed by atoms with Crippen LogP contribution in [0.15, 0.2) is 36.9 Å². The number of benzene rings is 1. The fraction of sp³-hybridized carbons (Fsp3) is 0.429. The van der Waals surface area contributed by atoms with E-state index >= 15 is 0 Å². The number of sulfone groups is 1. The van der Waals surface area contributed by atoms with Crippen molar-refractivity contribution in [2.75, 3.05) is 18.1 Å². The van der Waals surface area contributed by atoms with Crippen molar-refractivity contribution < 1.29 is 13.2 Å². The third kappa shape index (κ3) is 3.39. The monoisotopic (exact) mass is 399 g/mol. The number of amides is 1. The van der Waals surface area contributed by atoms with Gasteiger partial charge in [-0.3, -0.25) is 4.79 Å². The van der Waals surface area contributed by atoms with Gasteiger partial charge in [-0.1, -0.05) is 23.8 Å². The first-order valence-electron chi connectivity index (χ1n) is 9.70. The summed E-state index contributed by atoms with van der Waals surface area (Å²) in [5, 5.41) is 4.68. The molecule has 0 spiro atoms. The van der Waals surface area contributed by atoms with E-state index in [1.165, 1.54) is 5.56 Å². The zero-order valence-corrected chi connectivity index (χ0v) is 16.9. The van der Waals surface area contributed by atoms with Crippen LogP contribution in [0.2, 0.25) is 0 Å². The summed E-state index contributed by atoms with van der Waals surface area (Å²) in [6.07, 6.45) is 4.84. The maximum Gasteiger partial charge on any atom is 0.275 e. The van der Waals surface area contributed by atoms with Crippen LogP contribution in [-0.2, 0) is 22.7 Å². The molecule has 0 N–H and O–H groups in total. The van der Waals surface area contributed by atoms with Crippen molar-refractivity contribution in [3.05, 3.63) is 59.4 Å². The van der Waals surface area contributed by atoms with Crippen LogP contribution in [0.1, 0.15) is 40.2 Å². The summed E-state index contributed by atoms with van der Waals surface area (Å²) in [6, 6.07) is 7.79. The zero-order chi connectivity index (χ0) is 19.9. The van der Waals surface area contributed by atoms with Gasteiger partial charge in [-0.25, -0.2) is 13.1 Å². The van der Waals surface area contributed by atoms with E-state index in [2.05, 4.69) is 11.7 Å². The van der Waals surface area contributed by atoms with E-state index in [0.29, 0.717) is 18.7 Å². The summed E-state index contributed by atoms with van der Waals surface area (Å²) in [4.78, 5) is 15.0. The quantitative estimate of drug-likeness (QED) is 0.724. The van der Waals surface area contributed by atoms with E-state index in [1.807, 2.05) is 35.9 Å². The number of aryl methyl sites for hydroxylation is 1. The maximum atomic E-state index is 13.4. The second kappa shape index (κ2) is 7.20. The van der Waals surface area contributed by atoms with Crippen LogP contribution in [-0.4, -0.2) is 53.1 Å². The normalized spacial score (nSPS) is 20.1. The summed E-state index contributed by atoms with van der Waals surface area (Å²) in [6.45, 7) is 6.11. The first-order valence-corrected chi connectivity index (χ1v) is 11.5. The molecule has 1 amide bonds. The minimum atomic E-state index is -3.08. The van der Waals surface area contributed by atoms with Gasteiger partial charge in [0.25, 0.3) is 5.91 Å². The maximum absolute atomic E-state index is 13.4. The molecule has 1 aliphatic carbocycles. The van der Waals surface area contributed by atoms with E-state index in [1.54, 1.807) is 11.0 Å². The van der Waals surface area contributed by atoms with Gasteiger partial charge in [-0.2, -0.15) is 5.10 Å². The molecular weight excluding hydrogens is 374 g/mol. The second-order valence-electron chi connectivity index (χ2n) is 7.68. The summed E-state index contributed by atoms with van der Waals surface area (Å²) in [5.41, 5.74) is 4.66. The standard InChI is InChI=1S/C21H25N3O3S/c1-3-12-23(17-11-13-28(26,27)14-17)21(25)20-18-5-4-6-19(18)24(22-20)16-9-7-15(2)8-10-16/h3,7-10,17H,1,4-6,11-14H2,2H3/t17-/m0/s1. The fourth-order valence-corrected chi connectivity index (χ4v) is 5.93. The molecule has 0 bridgehead atoms. The van der Waals surface area contributed by atoms with Crippen LogP contribution in [0.4, 0.5) is 0 Å². The van der Waals surface area contributed by atoms with Gasteiger partial charge in [-0.15, -0.1) is 6.58 Å². The Bertz CT molecular complexity index is 1020. The average molecular weight is 400 g/mol. The highest BCUT2D eigenvalue weighted by molar-refractivity contribution is 7.91. The number of aromatic nitrogens is 2. The first-order chi connectivity index (χ1) is 13.4. The Hall–Kier alpha value is -2.41. The molecule has 7 heteroatoms. The Morgan fingerprint density at radius 2 is 2.07 bits per heavy atom. The lowest BCUT2D eigenvalue weighted by atomic mass is 10.1. The minimum Gasteiger partial charge on any atom is -0.329 e. The van der Waals surface area contributed by atoms with E-state index in [9.17, 15) is 13.2 Å². The van der Waals surface area contributed by atoms with Crippen molar-refractivity contribution in [2.24, 2.45) is 0 Å². The summed E-state index contributed by atoms with van der Waals surface area (Å²) in [5.74, 6) is -0.0342. The Morgan fingerprint density at radius 3 is 2.71 bits per heavy atom. The Morgan fingerprint density at radius 1 is 1.32 bits per heavy atom. The van der Waals surface area contributed by atoms with Gasteiger partial charge in [0, 0.05) is 23.8 Å². The van der Waals surface area contributed by atoms with Crippen molar-refractivity contribution in [1.82, 2.24) is 14.7 Å². The van der Waals surface area contributed by atoms with Crippen molar-refractivity contribution in [3.8, 4) is 5.69 Å². The Kier molecular flexibility index (Phi) is 4.87. The van der Waals surface area contributed by atoms with E-state index in [-0.39, 0.29) is 23.5 Å². The first kappa shape index (κ1) is 18.9. The topological polar surface area (TPSA) is 72.3 Å². The van der Waals surface area contributed by atoms with E-state index in [0.717, 1.165) is 36.2 Å². The largest absolute Gasteiger partial charge is 0.329 e. The van der Waals surface area contributed by atoms with Crippen molar-refractivity contribution in [2.45, 2.75) is 38.6 Å². The van der Waals surface area contributed by atoms with E-state index < -0.39 is 9.84 Å². The molecule has 4 rings (SSSR count). The van der Waals surface area contributed by atoms with Crippen LogP contribution >= 0.6 is 0 Å². The Labute approximate surface area is 165 Å². The lowest BCUT2D eigenvalue weighted by molar-refractivity contribution is 0.0713. The van der Waals surface area contributed by atoms with Crippen molar-refractivity contribution >= 4 is 15.7 Å². The highest BCUT2D eigenvalue weighted by Gasteiger charge is 2.37. The predicted molar refractivity (Wildman–Crippen MR) is 109 cm³/mol. The molecule has 0 unspecified atom stereocenters. The summed E-state index contributed by atoms with van der Waals surface area (Å²) in [7, 11) is -3.08. The lowest BCUT2D eigenvalue weighted by Gasteiger charge is -2.26. The van der Waals surface area contributed by atoms with Gasteiger partial charge in [0.15, 0.2) is 15.5 Å². The molecular formula is C21H25N3O3S. The second-order valence-corrected chi connectivity index (χ2v) is 9.91. The number of carbonyl (C=O) groups excluding carboxylic acids is 1. The molecule has 1 fully saturated rings. The molecule has 0 radical (unpaired) electrons. The molecule has 2 aromatic rings. The highest BCUT2D eigenvalue weighted by Crippen LogP contribution is 2.30. The number of nitrogens with zero attached hydrogens (tertiary/aromatic N) is 3. The number of hydrogen-bond donors (Lipinski definition) is 0. The van der Waals surface area contributed by atoms with Gasteiger partial charge in [-0.05, 0) is 44.7 Å². The number of fused-ring (bicyclic) bond motifs is 1.